The van der Waals surface area contributed by atoms with Crippen molar-refractivity contribution in [3.05, 3.63) is 64.3 Å². The Morgan fingerprint density at radius 3 is 2.69 bits per heavy atom. The van der Waals surface area contributed by atoms with Crippen LogP contribution >= 0.6 is 11.3 Å². The van der Waals surface area contributed by atoms with Crippen LogP contribution in [0.2, 0.25) is 0 Å². The zero-order chi connectivity index (χ0) is 18.7. The lowest BCUT2D eigenvalue weighted by atomic mass is 10.1. The van der Waals surface area contributed by atoms with Gasteiger partial charge in [0.1, 0.15) is 10.7 Å². The number of thiophene rings is 1. The molecule has 0 aliphatic carbocycles. The Bertz CT molecular complexity index is 980. The first-order valence-electron chi connectivity index (χ1n) is 8.23. The van der Waals surface area contributed by atoms with Crippen LogP contribution in [-0.4, -0.2) is 18.5 Å². The molecule has 6 heteroatoms. The number of para-hydroxylation sites is 1. The van der Waals surface area contributed by atoms with Crippen LogP contribution in [0.3, 0.4) is 0 Å². The third kappa shape index (κ3) is 3.75. The molecule has 0 aliphatic rings. The van der Waals surface area contributed by atoms with Gasteiger partial charge in [-0.1, -0.05) is 31.2 Å². The first-order valence-corrected chi connectivity index (χ1v) is 9.04. The Morgan fingerprint density at radius 1 is 1.19 bits per heavy atom. The Kier molecular flexibility index (Phi) is 5.32. The number of carbonyl (C=O) groups is 2. The van der Waals surface area contributed by atoms with E-state index in [1.807, 2.05) is 32.0 Å². The number of rotatable bonds is 5. The number of hydrogen-bond donors (Lipinski definition) is 1. The minimum Gasteiger partial charge on any atom is -0.451 e. The van der Waals surface area contributed by atoms with Crippen LogP contribution in [0.5, 0.6) is 0 Å². The summed E-state index contributed by atoms with van der Waals surface area (Å²) in [6.45, 7) is 3.52. The molecule has 3 aromatic rings. The van der Waals surface area contributed by atoms with Gasteiger partial charge in [0, 0.05) is 15.8 Å². The largest absolute Gasteiger partial charge is 0.451 e. The minimum atomic E-state index is -0.638. The van der Waals surface area contributed by atoms with Crippen LogP contribution in [-0.2, 0) is 16.0 Å². The summed E-state index contributed by atoms with van der Waals surface area (Å²) >= 11 is 1.14. The van der Waals surface area contributed by atoms with Gasteiger partial charge in [-0.2, -0.15) is 0 Å². The van der Waals surface area contributed by atoms with Crippen molar-refractivity contribution in [1.29, 1.82) is 0 Å². The maximum atomic E-state index is 13.7. The van der Waals surface area contributed by atoms with Gasteiger partial charge in [-0.05, 0) is 42.7 Å². The van der Waals surface area contributed by atoms with E-state index in [2.05, 4.69) is 5.32 Å². The fourth-order valence-electron chi connectivity index (χ4n) is 2.71. The van der Waals surface area contributed by atoms with Crippen LogP contribution in [0.25, 0.3) is 10.1 Å². The molecular weight excluding hydrogens is 353 g/mol. The topological polar surface area (TPSA) is 55.4 Å². The summed E-state index contributed by atoms with van der Waals surface area (Å²) in [6, 6.07) is 11.9. The van der Waals surface area contributed by atoms with Crippen molar-refractivity contribution in [2.45, 2.75) is 20.3 Å². The number of amides is 1. The lowest BCUT2D eigenvalue weighted by Gasteiger charge is -2.12. The Hall–Kier alpha value is -2.73. The lowest BCUT2D eigenvalue weighted by Crippen LogP contribution is -2.21. The van der Waals surface area contributed by atoms with Crippen molar-refractivity contribution in [1.82, 2.24) is 0 Å². The van der Waals surface area contributed by atoms with Crippen LogP contribution < -0.4 is 5.32 Å². The number of esters is 1. The molecule has 1 N–H and O–H groups in total. The first kappa shape index (κ1) is 18.1. The number of fused-ring (bicyclic) bond motifs is 1. The van der Waals surface area contributed by atoms with Crippen LogP contribution in [0, 0.1) is 12.7 Å². The molecule has 134 valence electrons. The fraction of sp³-hybridized carbons (Fsp3) is 0.200. The zero-order valence-corrected chi connectivity index (χ0v) is 15.3. The van der Waals surface area contributed by atoms with E-state index in [-0.39, 0.29) is 10.7 Å². The quantitative estimate of drug-likeness (QED) is 0.661. The molecule has 0 bridgehead atoms. The van der Waals surface area contributed by atoms with Gasteiger partial charge >= 0.3 is 5.97 Å². The van der Waals surface area contributed by atoms with Crippen molar-refractivity contribution >= 4 is 39.0 Å². The molecule has 0 aliphatic heterocycles. The van der Waals surface area contributed by atoms with Crippen molar-refractivity contribution < 1.29 is 18.7 Å². The monoisotopic (exact) mass is 371 g/mol. The van der Waals surface area contributed by atoms with E-state index >= 15 is 0 Å². The van der Waals surface area contributed by atoms with Crippen LogP contribution in [0.4, 0.5) is 10.1 Å². The average molecular weight is 371 g/mol. The van der Waals surface area contributed by atoms with Gasteiger partial charge in [-0.15, -0.1) is 11.3 Å². The Labute approximate surface area is 154 Å². The molecule has 0 saturated heterocycles. The normalized spacial score (nSPS) is 10.7. The summed E-state index contributed by atoms with van der Waals surface area (Å²) in [6.07, 6.45) is 0.782. The molecule has 2 aromatic carbocycles. The van der Waals surface area contributed by atoms with E-state index in [1.165, 1.54) is 12.1 Å². The van der Waals surface area contributed by atoms with Gasteiger partial charge in [0.15, 0.2) is 6.61 Å². The second kappa shape index (κ2) is 7.66. The average Bonchev–Trinajstić information content (AvgIpc) is 3.07. The van der Waals surface area contributed by atoms with Gasteiger partial charge in [-0.3, -0.25) is 4.79 Å². The highest BCUT2D eigenvalue weighted by atomic mass is 32.1. The number of anilines is 1. The van der Waals surface area contributed by atoms with E-state index < -0.39 is 18.5 Å². The molecule has 1 amide bonds. The third-order valence-corrected chi connectivity index (χ3v) is 5.13. The molecule has 0 fully saturated rings. The highest BCUT2D eigenvalue weighted by Gasteiger charge is 2.16. The molecule has 26 heavy (non-hydrogen) atoms. The molecular formula is C20H18FNO3S. The molecule has 0 radical (unpaired) electrons. The summed E-state index contributed by atoms with van der Waals surface area (Å²) in [5, 5.41) is 3.18. The second-order valence-electron chi connectivity index (χ2n) is 5.85. The van der Waals surface area contributed by atoms with E-state index in [0.29, 0.717) is 10.1 Å². The van der Waals surface area contributed by atoms with E-state index in [9.17, 15) is 14.0 Å². The summed E-state index contributed by atoms with van der Waals surface area (Å²) in [7, 11) is 0. The Morgan fingerprint density at radius 2 is 1.96 bits per heavy atom. The van der Waals surface area contributed by atoms with E-state index in [0.717, 1.165) is 34.6 Å². The number of carbonyl (C=O) groups excluding carboxylic acids is 2. The van der Waals surface area contributed by atoms with Crippen molar-refractivity contribution in [2.24, 2.45) is 0 Å². The summed E-state index contributed by atoms with van der Waals surface area (Å²) in [4.78, 5) is 24.6. The molecule has 1 heterocycles. The predicted octanol–water partition coefficient (Wildman–Crippen LogP) is 4.71. The molecule has 1 aromatic heterocycles. The number of aryl methyl sites for hydroxylation is 2. The predicted molar refractivity (Wildman–Crippen MR) is 101 cm³/mol. The fourth-order valence-corrected chi connectivity index (χ4v) is 3.67. The third-order valence-electron chi connectivity index (χ3n) is 4.05. The van der Waals surface area contributed by atoms with E-state index in [1.54, 1.807) is 12.1 Å². The van der Waals surface area contributed by atoms with Crippen molar-refractivity contribution in [3.63, 3.8) is 0 Å². The van der Waals surface area contributed by atoms with Gasteiger partial charge in [0.05, 0.1) is 0 Å². The molecule has 0 unspecified atom stereocenters. The lowest BCUT2D eigenvalue weighted by molar-refractivity contribution is -0.119. The van der Waals surface area contributed by atoms with Crippen LogP contribution in [0.15, 0.2) is 42.5 Å². The summed E-state index contributed by atoms with van der Waals surface area (Å²) in [5.41, 5.74) is 2.72. The number of ether oxygens (including phenoxy) is 1. The molecule has 0 spiro atoms. The second-order valence-corrected chi connectivity index (χ2v) is 6.93. The van der Waals surface area contributed by atoms with Crippen molar-refractivity contribution in [2.75, 3.05) is 11.9 Å². The molecule has 4 nitrogen and oxygen atoms in total. The number of nitrogens with one attached hydrogen (secondary N) is 1. The number of halogens is 1. The first-order chi connectivity index (χ1) is 12.5. The number of hydrogen-bond acceptors (Lipinski definition) is 4. The molecule has 3 rings (SSSR count). The van der Waals surface area contributed by atoms with Gasteiger partial charge in [-0.25, -0.2) is 9.18 Å². The highest BCUT2D eigenvalue weighted by Crippen LogP contribution is 2.28. The maximum absolute atomic E-state index is 13.7. The standard InChI is InChI=1S/C20H18FNO3S/c1-3-13-7-4-6-12(2)19(13)22-18(23)11-25-20(24)17-10-14-15(21)8-5-9-16(14)26-17/h4-10H,3,11H2,1-2H3,(H,22,23). The zero-order valence-electron chi connectivity index (χ0n) is 14.5. The van der Waals surface area contributed by atoms with Gasteiger partial charge in [0.25, 0.3) is 5.91 Å². The summed E-state index contributed by atoms with van der Waals surface area (Å²) < 4.78 is 19.5. The highest BCUT2D eigenvalue weighted by molar-refractivity contribution is 7.20. The SMILES string of the molecule is CCc1cccc(C)c1NC(=O)COC(=O)c1cc2c(F)cccc2s1. The van der Waals surface area contributed by atoms with Crippen LogP contribution in [0.1, 0.15) is 27.7 Å². The number of benzene rings is 2. The Balaban J connectivity index is 1.65. The molecule has 0 saturated carbocycles. The van der Waals surface area contributed by atoms with Crippen molar-refractivity contribution in [3.8, 4) is 0 Å². The molecule has 0 atom stereocenters. The smallest absolute Gasteiger partial charge is 0.348 e. The van der Waals surface area contributed by atoms with Gasteiger partial charge < -0.3 is 10.1 Å². The van der Waals surface area contributed by atoms with E-state index in [4.69, 9.17) is 4.74 Å². The summed E-state index contributed by atoms with van der Waals surface area (Å²) in [5.74, 6) is -1.43. The minimum absolute atomic E-state index is 0.267. The van der Waals surface area contributed by atoms with Gasteiger partial charge in [0.2, 0.25) is 0 Å². The maximum Gasteiger partial charge on any atom is 0.348 e.